The third-order valence-electron chi connectivity index (χ3n) is 10.9. The van der Waals surface area contributed by atoms with Crippen molar-refractivity contribution in [2.24, 2.45) is 11.3 Å². The van der Waals surface area contributed by atoms with E-state index in [1.165, 1.54) is 18.2 Å². The van der Waals surface area contributed by atoms with Gasteiger partial charge in [-0.25, -0.2) is 4.79 Å². The van der Waals surface area contributed by atoms with E-state index < -0.39 is 10.1 Å². The van der Waals surface area contributed by atoms with Crippen LogP contribution in [0.3, 0.4) is 0 Å². The van der Waals surface area contributed by atoms with Gasteiger partial charge in [0.2, 0.25) is 0 Å². The van der Waals surface area contributed by atoms with Crippen molar-refractivity contribution in [2.45, 2.75) is 74.8 Å². The molecule has 0 radical (unpaired) electrons. The predicted molar refractivity (Wildman–Crippen MR) is 174 cm³/mol. The Morgan fingerprint density at radius 2 is 1.67 bits per heavy atom. The van der Waals surface area contributed by atoms with Gasteiger partial charge in [-0.1, -0.05) is 79.1 Å². The van der Waals surface area contributed by atoms with Gasteiger partial charge in [0.05, 0.1) is 29.6 Å². The number of carbonyl (C=O) groups excluding carboxylic acids is 1. The van der Waals surface area contributed by atoms with Gasteiger partial charge in [-0.2, -0.15) is 8.42 Å². The maximum absolute atomic E-state index is 13.5. The highest BCUT2D eigenvalue weighted by Gasteiger charge is 2.61. The number of nitrogens with zero attached hydrogens (tertiary/aromatic N) is 1. The molecule has 45 heavy (non-hydrogen) atoms. The Bertz CT molecular complexity index is 1710. The maximum atomic E-state index is 13.5. The highest BCUT2D eigenvalue weighted by Crippen LogP contribution is 2.61. The second-order valence-corrected chi connectivity index (χ2v) is 15.2. The third kappa shape index (κ3) is 5.30. The SMILES string of the molecule is COC(=O)C1=C2Nc3ccccc3[C@]23CCN(Cc2ccccc2)[C@@H]3[C@@H](CC2(COS(=O)(=O)c3ccc(C)cc3)CCCC2)C1. The maximum Gasteiger partial charge on any atom is 0.335 e. The molecule has 7 rings (SSSR count). The summed E-state index contributed by atoms with van der Waals surface area (Å²) in [5.41, 5.74) is 5.61. The lowest BCUT2D eigenvalue weighted by Crippen LogP contribution is -2.52. The largest absolute Gasteiger partial charge is 0.466 e. The molecule has 1 saturated heterocycles. The van der Waals surface area contributed by atoms with Crippen molar-refractivity contribution in [2.75, 3.05) is 25.6 Å². The van der Waals surface area contributed by atoms with Crippen LogP contribution in [0.15, 0.2) is 95.0 Å². The molecule has 8 heteroatoms. The van der Waals surface area contributed by atoms with E-state index in [4.69, 9.17) is 8.92 Å². The molecule has 0 amide bonds. The highest BCUT2D eigenvalue weighted by atomic mass is 32.2. The van der Waals surface area contributed by atoms with E-state index in [9.17, 15) is 13.2 Å². The molecular formula is C37H42N2O5S. The van der Waals surface area contributed by atoms with Crippen LogP contribution < -0.4 is 5.32 Å². The first-order chi connectivity index (χ1) is 21.7. The molecule has 3 aromatic rings. The number of esters is 1. The lowest BCUT2D eigenvalue weighted by molar-refractivity contribution is -0.136. The fourth-order valence-electron chi connectivity index (χ4n) is 8.92. The number of rotatable bonds is 9. The van der Waals surface area contributed by atoms with Crippen molar-refractivity contribution in [1.82, 2.24) is 4.90 Å². The fraction of sp³-hybridized carbons (Fsp3) is 0.432. The van der Waals surface area contributed by atoms with Gasteiger partial charge in [0.1, 0.15) is 0 Å². The molecule has 3 atom stereocenters. The Morgan fingerprint density at radius 1 is 0.956 bits per heavy atom. The molecule has 2 aliphatic carbocycles. The summed E-state index contributed by atoms with van der Waals surface area (Å²) in [6.45, 7) is 3.80. The zero-order chi connectivity index (χ0) is 31.2. The number of carbonyl (C=O) groups is 1. The first-order valence-corrected chi connectivity index (χ1v) is 17.6. The van der Waals surface area contributed by atoms with E-state index in [2.05, 4.69) is 52.7 Å². The van der Waals surface area contributed by atoms with Gasteiger partial charge in [-0.05, 0) is 79.7 Å². The number of ether oxygens (including phenoxy) is 1. The highest BCUT2D eigenvalue weighted by molar-refractivity contribution is 7.86. The van der Waals surface area contributed by atoms with Gasteiger partial charge in [0.15, 0.2) is 0 Å². The second-order valence-electron chi connectivity index (χ2n) is 13.5. The van der Waals surface area contributed by atoms with Crippen molar-refractivity contribution in [3.63, 3.8) is 0 Å². The van der Waals surface area contributed by atoms with Gasteiger partial charge in [-0.15, -0.1) is 0 Å². The summed E-state index contributed by atoms with van der Waals surface area (Å²) in [6, 6.07) is 26.0. The van der Waals surface area contributed by atoms with E-state index in [0.29, 0.717) is 6.42 Å². The standard InChI is InChI=1S/C37H42N2O5S/c1-26-14-16-29(17-15-26)45(41,42)44-25-36(18-8-9-19-36)23-28-22-30(35(40)43-2)33-37(31-12-6-7-13-32(31)38-33)20-21-39(34(28)37)24-27-10-4-3-5-11-27/h3-7,10-17,28,34,38H,8-9,18-25H2,1-2H3/t28-,34-,37-/m1/s1. The van der Waals surface area contributed by atoms with Crippen LogP contribution in [0.2, 0.25) is 0 Å². The molecule has 0 aromatic heterocycles. The molecule has 2 aliphatic heterocycles. The number of methoxy groups -OCH3 is 1. The molecule has 7 nitrogen and oxygen atoms in total. The number of likely N-dealkylation sites (tertiary alicyclic amines) is 1. The lowest BCUT2D eigenvalue weighted by Gasteiger charge is -2.48. The average molecular weight is 627 g/mol. The Kier molecular flexibility index (Phi) is 7.87. The second kappa shape index (κ2) is 11.7. The lowest BCUT2D eigenvalue weighted by atomic mass is 9.60. The molecular weight excluding hydrogens is 584 g/mol. The fourth-order valence-corrected chi connectivity index (χ4v) is 9.93. The summed E-state index contributed by atoms with van der Waals surface area (Å²) >= 11 is 0. The van der Waals surface area contributed by atoms with E-state index >= 15 is 0 Å². The molecule has 4 aliphatic rings. The van der Waals surface area contributed by atoms with Crippen molar-refractivity contribution >= 4 is 21.8 Å². The van der Waals surface area contributed by atoms with Crippen LogP contribution in [-0.2, 0) is 35.8 Å². The van der Waals surface area contributed by atoms with Gasteiger partial charge in [0.25, 0.3) is 10.1 Å². The number of anilines is 1. The molecule has 1 saturated carbocycles. The Labute approximate surface area is 266 Å². The van der Waals surface area contributed by atoms with Gasteiger partial charge in [0, 0.05) is 30.5 Å². The van der Waals surface area contributed by atoms with Crippen molar-refractivity contribution in [3.05, 3.63) is 107 Å². The number of hydrogen-bond acceptors (Lipinski definition) is 7. The summed E-state index contributed by atoms with van der Waals surface area (Å²) in [7, 11) is -2.44. The van der Waals surface area contributed by atoms with E-state index in [1.807, 2.05) is 19.1 Å². The van der Waals surface area contributed by atoms with Crippen LogP contribution in [0, 0.1) is 18.3 Å². The Balaban J connectivity index is 1.27. The third-order valence-corrected chi connectivity index (χ3v) is 12.1. The van der Waals surface area contributed by atoms with Crippen molar-refractivity contribution in [1.29, 1.82) is 0 Å². The summed E-state index contributed by atoms with van der Waals surface area (Å²) in [6.07, 6.45) is 6.15. The Morgan fingerprint density at radius 3 is 2.40 bits per heavy atom. The summed E-state index contributed by atoms with van der Waals surface area (Å²) < 4.78 is 38.0. The van der Waals surface area contributed by atoms with Crippen LogP contribution in [0.1, 0.15) is 61.6 Å². The van der Waals surface area contributed by atoms with E-state index in [1.54, 1.807) is 24.3 Å². The summed E-state index contributed by atoms with van der Waals surface area (Å²) in [5, 5.41) is 3.69. The molecule has 0 unspecified atom stereocenters. The van der Waals surface area contributed by atoms with Gasteiger partial charge >= 0.3 is 5.97 Å². The summed E-state index contributed by atoms with van der Waals surface area (Å²) in [4.78, 5) is 16.3. The topological polar surface area (TPSA) is 84.9 Å². The Hall–Kier alpha value is -3.46. The number of para-hydroxylation sites is 1. The normalized spacial score (nSPS) is 25.4. The number of nitrogens with one attached hydrogen (secondary N) is 1. The molecule has 0 bridgehead atoms. The minimum Gasteiger partial charge on any atom is -0.466 e. The van der Waals surface area contributed by atoms with Crippen molar-refractivity contribution in [3.8, 4) is 0 Å². The number of aryl methyl sites for hydroxylation is 1. The predicted octanol–water partition coefficient (Wildman–Crippen LogP) is 6.74. The van der Waals surface area contributed by atoms with Gasteiger partial charge in [-0.3, -0.25) is 9.08 Å². The number of benzene rings is 3. The van der Waals surface area contributed by atoms with E-state index in [0.717, 1.165) is 74.1 Å². The molecule has 3 aromatic carbocycles. The molecule has 2 fully saturated rings. The zero-order valence-corrected chi connectivity index (χ0v) is 26.9. The van der Waals surface area contributed by atoms with Crippen LogP contribution in [-0.4, -0.2) is 45.6 Å². The monoisotopic (exact) mass is 626 g/mol. The number of hydrogen-bond donors (Lipinski definition) is 1. The van der Waals surface area contributed by atoms with E-state index in [-0.39, 0.29) is 40.3 Å². The molecule has 1 N–H and O–H groups in total. The molecule has 2 heterocycles. The first kappa shape index (κ1) is 30.2. The van der Waals surface area contributed by atoms with Crippen LogP contribution in [0.25, 0.3) is 0 Å². The van der Waals surface area contributed by atoms with Crippen molar-refractivity contribution < 1.29 is 22.1 Å². The quantitative estimate of drug-likeness (QED) is 0.208. The van der Waals surface area contributed by atoms with Crippen LogP contribution >= 0.6 is 0 Å². The van der Waals surface area contributed by atoms with Gasteiger partial charge < -0.3 is 10.1 Å². The van der Waals surface area contributed by atoms with Crippen LogP contribution in [0.4, 0.5) is 5.69 Å². The average Bonchev–Trinajstić information content (AvgIpc) is 3.76. The minimum atomic E-state index is -3.90. The molecule has 236 valence electrons. The summed E-state index contributed by atoms with van der Waals surface area (Å²) in [5.74, 6) is -0.181. The smallest absolute Gasteiger partial charge is 0.335 e. The number of fused-ring (bicyclic) bond motifs is 1. The zero-order valence-electron chi connectivity index (χ0n) is 26.1. The first-order valence-electron chi connectivity index (χ1n) is 16.2. The molecule has 1 spiro atoms. The minimum absolute atomic E-state index is 0.103. The van der Waals surface area contributed by atoms with Crippen LogP contribution in [0.5, 0.6) is 0 Å².